The number of aromatic nitrogens is 2. The van der Waals surface area contributed by atoms with E-state index in [1.54, 1.807) is 0 Å². The summed E-state index contributed by atoms with van der Waals surface area (Å²) in [5, 5.41) is 4.30. The monoisotopic (exact) mass is 336 g/mol. The van der Waals surface area contributed by atoms with Crippen LogP contribution in [0.5, 0.6) is 0 Å². The predicted molar refractivity (Wildman–Crippen MR) is 90.1 cm³/mol. The molecule has 0 radical (unpaired) electrons. The molecule has 116 valence electrons. The van der Waals surface area contributed by atoms with Crippen LogP contribution in [0.1, 0.15) is 11.3 Å². The van der Waals surface area contributed by atoms with Crippen molar-refractivity contribution in [3.63, 3.8) is 0 Å². The highest BCUT2D eigenvalue weighted by Gasteiger charge is 2.05. The summed E-state index contributed by atoms with van der Waals surface area (Å²) < 4.78 is 0. The van der Waals surface area contributed by atoms with Crippen molar-refractivity contribution in [3.8, 4) is 0 Å². The van der Waals surface area contributed by atoms with Gasteiger partial charge in [0.05, 0.1) is 5.75 Å². The van der Waals surface area contributed by atoms with E-state index in [-0.39, 0.29) is 11.9 Å². The second-order valence-corrected chi connectivity index (χ2v) is 6.15. The number of nitrogens with one attached hydrogen (secondary N) is 1. The molecule has 2 rings (SSSR count). The van der Waals surface area contributed by atoms with E-state index in [4.69, 9.17) is 17.3 Å². The first-order valence-electron chi connectivity index (χ1n) is 6.78. The minimum Gasteiger partial charge on any atom is -0.368 e. The minimum atomic E-state index is -0.0335. The highest BCUT2D eigenvalue weighted by Crippen LogP contribution is 2.16. The van der Waals surface area contributed by atoms with Crippen LogP contribution < -0.4 is 11.1 Å². The Labute approximate surface area is 138 Å². The molecule has 5 nitrogen and oxygen atoms in total. The molecule has 0 atom stereocenters. The molecular weight excluding hydrogens is 320 g/mol. The molecule has 0 saturated heterocycles. The van der Waals surface area contributed by atoms with Gasteiger partial charge in [0.2, 0.25) is 11.9 Å². The molecular formula is C15H17ClN4OS. The van der Waals surface area contributed by atoms with Gasteiger partial charge in [-0.1, -0.05) is 35.5 Å². The Morgan fingerprint density at radius 1 is 1.32 bits per heavy atom. The van der Waals surface area contributed by atoms with Gasteiger partial charge in [-0.25, -0.2) is 9.97 Å². The lowest BCUT2D eigenvalue weighted by atomic mass is 10.1. The highest BCUT2D eigenvalue weighted by atomic mass is 35.5. The summed E-state index contributed by atoms with van der Waals surface area (Å²) >= 11 is 7.17. The Morgan fingerprint density at radius 2 is 2.05 bits per heavy atom. The molecule has 2 aromatic rings. The number of carbonyl (C=O) groups is 1. The molecule has 0 aliphatic carbocycles. The van der Waals surface area contributed by atoms with Crippen molar-refractivity contribution in [2.45, 2.75) is 18.4 Å². The number of halogens is 1. The van der Waals surface area contributed by atoms with Gasteiger partial charge in [0, 0.05) is 17.3 Å². The summed E-state index contributed by atoms with van der Waals surface area (Å²) in [5.74, 6) is 0.496. The van der Waals surface area contributed by atoms with Gasteiger partial charge in [0.25, 0.3) is 0 Å². The van der Waals surface area contributed by atoms with Gasteiger partial charge in [0.15, 0.2) is 0 Å². The maximum atomic E-state index is 11.8. The zero-order chi connectivity index (χ0) is 15.9. The maximum absolute atomic E-state index is 11.8. The quantitative estimate of drug-likeness (QED) is 0.625. The van der Waals surface area contributed by atoms with Crippen molar-refractivity contribution in [2.75, 3.05) is 18.0 Å². The highest BCUT2D eigenvalue weighted by molar-refractivity contribution is 7.99. The number of rotatable bonds is 6. The molecule has 0 fully saturated rings. The van der Waals surface area contributed by atoms with Crippen molar-refractivity contribution in [1.82, 2.24) is 15.3 Å². The molecule has 0 aliphatic rings. The van der Waals surface area contributed by atoms with Gasteiger partial charge in [-0.2, -0.15) is 0 Å². The smallest absolute Gasteiger partial charge is 0.230 e. The Hall–Kier alpha value is -1.79. The average Bonchev–Trinajstić information content (AvgIpc) is 2.46. The molecule has 0 bridgehead atoms. The molecule has 1 heterocycles. The van der Waals surface area contributed by atoms with Crippen LogP contribution in [0.2, 0.25) is 5.02 Å². The maximum Gasteiger partial charge on any atom is 0.230 e. The van der Waals surface area contributed by atoms with Crippen LogP contribution in [0, 0.1) is 6.92 Å². The number of nitrogens with zero attached hydrogens (tertiary/aromatic N) is 2. The van der Waals surface area contributed by atoms with Crippen LogP contribution in [-0.2, 0) is 11.2 Å². The van der Waals surface area contributed by atoms with Crippen LogP contribution in [0.3, 0.4) is 0 Å². The number of thioether (sulfide) groups is 1. The number of aryl methyl sites for hydroxylation is 1. The van der Waals surface area contributed by atoms with Crippen molar-refractivity contribution in [1.29, 1.82) is 0 Å². The SMILES string of the molecule is Cc1cc(SCC(=O)NCCc2ccc(Cl)cc2)nc(N)n1. The fourth-order valence-electron chi connectivity index (χ4n) is 1.82. The summed E-state index contributed by atoms with van der Waals surface area (Å²) in [4.78, 5) is 19.9. The van der Waals surface area contributed by atoms with E-state index in [1.165, 1.54) is 11.8 Å². The van der Waals surface area contributed by atoms with E-state index in [0.29, 0.717) is 22.3 Å². The normalized spacial score (nSPS) is 10.5. The summed E-state index contributed by atoms with van der Waals surface area (Å²) in [6.45, 7) is 2.43. The van der Waals surface area contributed by atoms with E-state index in [0.717, 1.165) is 17.7 Å². The van der Waals surface area contributed by atoms with Gasteiger partial charge in [0.1, 0.15) is 5.03 Å². The van der Waals surface area contributed by atoms with Crippen molar-refractivity contribution in [2.24, 2.45) is 0 Å². The Bertz CT molecular complexity index is 628. The fraction of sp³-hybridized carbons (Fsp3) is 0.267. The van der Waals surface area contributed by atoms with Crippen molar-refractivity contribution in [3.05, 3.63) is 46.6 Å². The lowest BCUT2D eigenvalue weighted by Crippen LogP contribution is -2.27. The number of carbonyl (C=O) groups excluding carboxylic acids is 1. The van der Waals surface area contributed by atoms with E-state index in [9.17, 15) is 4.79 Å². The molecule has 0 saturated carbocycles. The first kappa shape index (κ1) is 16.6. The van der Waals surface area contributed by atoms with E-state index in [1.807, 2.05) is 37.3 Å². The van der Waals surface area contributed by atoms with Crippen molar-refractivity contribution >= 4 is 35.2 Å². The van der Waals surface area contributed by atoms with Crippen LogP contribution in [0.25, 0.3) is 0 Å². The zero-order valence-electron chi connectivity index (χ0n) is 12.2. The van der Waals surface area contributed by atoms with E-state index in [2.05, 4.69) is 15.3 Å². The number of nitrogen functional groups attached to an aromatic ring is 1. The Kier molecular flexibility index (Phi) is 6.03. The van der Waals surface area contributed by atoms with Crippen LogP contribution in [-0.4, -0.2) is 28.2 Å². The van der Waals surface area contributed by atoms with Gasteiger partial charge in [-0.05, 0) is 37.1 Å². The summed E-state index contributed by atoms with van der Waals surface area (Å²) in [7, 11) is 0. The third kappa shape index (κ3) is 5.54. The Morgan fingerprint density at radius 3 is 2.73 bits per heavy atom. The Balaban J connectivity index is 1.72. The standard InChI is InChI=1S/C15H17ClN4OS/c1-10-8-14(20-15(17)19-10)22-9-13(21)18-7-6-11-2-4-12(16)5-3-11/h2-5,8H,6-7,9H2,1H3,(H,18,21)(H2,17,19,20). The third-order valence-electron chi connectivity index (χ3n) is 2.85. The summed E-state index contributed by atoms with van der Waals surface area (Å²) in [6, 6.07) is 9.40. The van der Waals surface area contributed by atoms with E-state index < -0.39 is 0 Å². The third-order valence-corrected chi connectivity index (χ3v) is 4.01. The van der Waals surface area contributed by atoms with Crippen LogP contribution in [0.4, 0.5) is 5.95 Å². The number of amides is 1. The second-order valence-electron chi connectivity index (χ2n) is 4.72. The number of anilines is 1. The second kappa shape index (κ2) is 8.00. The summed E-state index contributed by atoms with van der Waals surface area (Å²) in [6.07, 6.45) is 0.771. The first-order chi connectivity index (χ1) is 10.5. The first-order valence-corrected chi connectivity index (χ1v) is 8.14. The number of hydrogen-bond acceptors (Lipinski definition) is 5. The largest absolute Gasteiger partial charge is 0.368 e. The topological polar surface area (TPSA) is 80.9 Å². The number of benzene rings is 1. The zero-order valence-corrected chi connectivity index (χ0v) is 13.7. The summed E-state index contributed by atoms with van der Waals surface area (Å²) in [5.41, 5.74) is 7.50. The van der Waals surface area contributed by atoms with Crippen LogP contribution >= 0.6 is 23.4 Å². The van der Waals surface area contributed by atoms with Crippen LogP contribution in [0.15, 0.2) is 35.4 Å². The van der Waals surface area contributed by atoms with Gasteiger partial charge in [-0.15, -0.1) is 0 Å². The van der Waals surface area contributed by atoms with Gasteiger partial charge in [-0.3, -0.25) is 4.79 Å². The van der Waals surface area contributed by atoms with Crippen molar-refractivity contribution < 1.29 is 4.79 Å². The molecule has 22 heavy (non-hydrogen) atoms. The molecule has 1 aromatic heterocycles. The van der Waals surface area contributed by atoms with Gasteiger partial charge < -0.3 is 11.1 Å². The minimum absolute atomic E-state index is 0.0335. The number of nitrogens with two attached hydrogens (primary N) is 1. The number of hydrogen-bond donors (Lipinski definition) is 2. The predicted octanol–water partition coefficient (Wildman–Crippen LogP) is 2.47. The molecule has 3 N–H and O–H groups in total. The van der Waals surface area contributed by atoms with E-state index >= 15 is 0 Å². The lowest BCUT2D eigenvalue weighted by molar-refractivity contribution is -0.118. The molecule has 1 aromatic carbocycles. The molecule has 0 aliphatic heterocycles. The molecule has 1 amide bonds. The molecule has 0 spiro atoms. The lowest BCUT2D eigenvalue weighted by Gasteiger charge is -2.06. The fourth-order valence-corrected chi connectivity index (χ4v) is 2.74. The molecule has 7 heteroatoms. The average molecular weight is 337 g/mol. The van der Waals surface area contributed by atoms with Gasteiger partial charge >= 0.3 is 0 Å². The molecule has 0 unspecified atom stereocenters.